The van der Waals surface area contributed by atoms with Crippen molar-refractivity contribution < 1.29 is 24.1 Å². The highest BCUT2D eigenvalue weighted by atomic mass is 32.1. The number of fused-ring (bicyclic) bond motifs is 1. The van der Waals surface area contributed by atoms with Gasteiger partial charge in [-0.1, -0.05) is 29.8 Å². The molecule has 7 nitrogen and oxygen atoms in total. The molecule has 0 aliphatic carbocycles. The minimum absolute atomic E-state index is 0.213. The van der Waals surface area contributed by atoms with E-state index in [0.717, 1.165) is 70.5 Å². The Morgan fingerprint density at radius 2 is 1.63 bits per heavy atom. The lowest BCUT2D eigenvalue weighted by atomic mass is 9.73. The highest BCUT2D eigenvalue weighted by molar-refractivity contribution is 7.22. The van der Waals surface area contributed by atoms with E-state index in [2.05, 4.69) is 36.1 Å². The molecule has 1 spiro atoms. The molecule has 41 heavy (non-hydrogen) atoms. The van der Waals surface area contributed by atoms with Crippen molar-refractivity contribution in [2.45, 2.75) is 33.3 Å². The standard InChI is InChI=1S/C33H36N2O5S/c1-22-5-7-23(8-6-22)30-29(27-14-9-24(36)17-28(27)41-30)39-26-12-10-25(11-13-26)38-16-15-34-18-33(19-34)20-35(21-33)31(37)40-32(2,3)4/h5-14,17,36H,15-16,18-21H2,1-4H3. The average molecular weight is 573 g/mol. The number of carbonyl (C=O) groups excluding carboxylic acids is 1. The number of thiophene rings is 1. The first kappa shape index (κ1) is 27.4. The number of phenols is 1. The molecule has 2 saturated heterocycles. The van der Waals surface area contributed by atoms with Gasteiger partial charge in [0.05, 0.1) is 4.88 Å². The molecule has 0 unspecified atom stereocenters. The van der Waals surface area contributed by atoms with Crippen molar-refractivity contribution >= 4 is 27.5 Å². The summed E-state index contributed by atoms with van der Waals surface area (Å²) >= 11 is 1.61. The zero-order valence-corrected chi connectivity index (χ0v) is 24.8. The average Bonchev–Trinajstić information content (AvgIpc) is 3.21. The number of hydrogen-bond acceptors (Lipinski definition) is 7. The number of aryl methyl sites for hydroxylation is 1. The molecule has 214 valence electrons. The van der Waals surface area contributed by atoms with Gasteiger partial charge in [-0.3, -0.25) is 4.90 Å². The lowest BCUT2D eigenvalue weighted by Gasteiger charge is -2.59. The second kappa shape index (κ2) is 10.6. The van der Waals surface area contributed by atoms with Crippen LogP contribution in [-0.2, 0) is 4.74 Å². The largest absolute Gasteiger partial charge is 0.508 e. The molecule has 1 aromatic heterocycles. The van der Waals surface area contributed by atoms with Crippen LogP contribution in [0.2, 0.25) is 0 Å². The van der Waals surface area contributed by atoms with Crippen molar-refractivity contribution in [2.75, 3.05) is 39.3 Å². The minimum Gasteiger partial charge on any atom is -0.508 e. The quantitative estimate of drug-likeness (QED) is 0.250. The monoisotopic (exact) mass is 572 g/mol. The first-order valence-electron chi connectivity index (χ1n) is 14.0. The smallest absolute Gasteiger partial charge is 0.410 e. The fraction of sp³-hybridized carbons (Fsp3) is 0.364. The summed E-state index contributed by atoms with van der Waals surface area (Å²) in [6.07, 6.45) is -0.213. The Bertz CT molecular complexity index is 1540. The third-order valence-corrected chi connectivity index (χ3v) is 8.67. The molecule has 2 aliphatic rings. The molecule has 6 rings (SSSR count). The Labute approximate surface area is 244 Å². The van der Waals surface area contributed by atoms with Gasteiger partial charge in [-0.05, 0) is 75.7 Å². The van der Waals surface area contributed by atoms with Crippen LogP contribution in [0.5, 0.6) is 23.0 Å². The van der Waals surface area contributed by atoms with Gasteiger partial charge >= 0.3 is 6.09 Å². The van der Waals surface area contributed by atoms with Crippen LogP contribution >= 0.6 is 11.3 Å². The number of amides is 1. The number of ether oxygens (including phenoxy) is 3. The Kier molecular flexibility index (Phi) is 7.08. The lowest BCUT2D eigenvalue weighted by Crippen LogP contribution is -2.73. The van der Waals surface area contributed by atoms with Crippen LogP contribution < -0.4 is 9.47 Å². The maximum Gasteiger partial charge on any atom is 0.410 e. The van der Waals surface area contributed by atoms with Gasteiger partial charge in [0, 0.05) is 48.2 Å². The Morgan fingerprint density at radius 1 is 0.951 bits per heavy atom. The topological polar surface area (TPSA) is 71.5 Å². The Hall–Kier alpha value is -3.75. The zero-order valence-electron chi connectivity index (χ0n) is 24.0. The van der Waals surface area contributed by atoms with Crippen molar-refractivity contribution in [3.63, 3.8) is 0 Å². The van der Waals surface area contributed by atoms with E-state index in [1.165, 1.54) is 5.56 Å². The fourth-order valence-corrected chi connectivity index (χ4v) is 6.72. The summed E-state index contributed by atoms with van der Waals surface area (Å²) in [6.45, 7) is 12.7. The number of hydrogen-bond donors (Lipinski definition) is 1. The first-order valence-corrected chi connectivity index (χ1v) is 14.8. The van der Waals surface area contributed by atoms with Gasteiger partial charge in [0.1, 0.15) is 29.5 Å². The van der Waals surface area contributed by atoms with Crippen molar-refractivity contribution in [1.29, 1.82) is 0 Å². The second-order valence-corrected chi connectivity index (χ2v) is 13.3. The van der Waals surface area contributed by atoms with Crippen molar-refractivity contribution in [3.05, 3.63) is 72.3 Å². The molecular weight excluding hydrogens is 536 g/mol. The molecule has 0 bridgehead atoms. The molecule has 2 aliphatic heterocycles. The number of nitrogens with zero attached hydrogens (tertiary/aromatic N) is 2. The number of rotatable bonds is 7. The lowest BCUT2D eigenvalue weighted by molar-refractivity contribution is -0.114. The molecule has 0 atom stereocenters. The second-order valence-electron chi connectivity index (χ2n) is 12.3. The normalized spacial score (nSPS) is 16.3. The molecule has 2 fully saturated rings. The fourth-order valence-electron chi connectivity index (χ4n) is 5.55. The van der Waals surface area contributed by atoms with E-state index in [9.17, 15) is 9.90 Å². The molecule has 0 saturated carbocycles. The van der Waals surface area contributed by atoms with Gasteiger partial charge in [0.25, 0.3) is 0 Å². The highest BCUT2D eigenvalue weighted by Crippen LogP contribution is 2.47. The first-order chi connectivity index (χ1) is 19.6. The summed E-state index contributed by atoms with van der Waals surface area (Å²) in [5.41, 5.74) is 2.05. The molecule has 1 amide bonds. The summed E-state index contributed by atoms with van der Waals surface area (Å²) in [7, 11) is 0. The van der Waals surface area contributed by atoms with Crippen LogP contribution in [-0.4, -0.2) is 65.9 Å². The van der Waals surface area contributed by atoms with Crippen molar-refractivity contribution in [3.8, 4) is 33.4 Å². The number of likely N-dealkylation sites (tertiary alicyclic amines) is 2. The SMILES string of the molecule is Cc1ccc(-c2sc3cc(O)ccc3c2Oc2ccc(OCCN3CC4(C3)CN(C(=O)OC(C)(C)C)C4)cc2)cc1. The van der Waals surface area contributed by atoms with E-state index >= 15 is 0 Å². The zero-order chi connectivity index (χ0) is 28.8. The number of aromatic hydroxyl groups is 1. The van der Waals surface area contributed by atoms with Crippen LogP contribution in [0.4, 0.5) is 4.79 Å². The number of carbonyl (C=O) groups is 1. The van der Waals surface area contributed by atoms with Crippen molar-refractivity contribution in [1.82, 2.24) is 9.80 Å². The van der Waals surface area contributed by atoms with Gasteiger partial charge in [-0.25, -0.2) is 4.79 Å². The van der Waals surface area contributed by atoms with Crippen LogP contribution in [0, 0.1) is 12.3 Å². The third kappa shape index (κ3) is 5.99. The maximum absolute atomic E-state index is 12.2. The summed E-state index contributed by atoms with van der Waals surface area (Å²) in [5, 5.41) is 11.0. The van der Waals surface area contributed by atoms with Gasteiger partial charge in [-0.15, -0.1) is 11.3 Å². The van der Waals surface area contributed by atoms with E-state index in [1.807, 2.05) is 51.1 Å². The number of phenolic OH excluding ortho intramolecular Hbond substituents is 1. The van der Waals surface area contributed by atoms with E-state index < -0.39 is 5.60 Å². The summed E-state index contributed by atoms with van der Waals surface area (Å²) in [5.74, 6) is 2.55. The molecule has 4 aromatic rings. The molecule has 1 N–H and O–H groups in total. The molecule has 0 radical (unpaired) electrons. The maximum atomic E-state index is 12.2. The summed E-state index contributed by atoms with van der Waals surface area (Å²) in [6, 6.07) is 21.5. The van der Waals surface area contributed by atoms with E-state index in [4.69, 9.17) is 14.2 Å². The van der Waals surface area contributed by atoms with Gasteiger partial charge in [0.15, 0.2) is 5.75 Å². The highest BCUT2D eigenvalue weighted by Gasteiger charge is 2.53. The predicted molar refractivity (Wildman–Crippen MR) is 162 cm³/mol. The Morgan fingerprint density at radius 3 is 2.32 bits per heavy atom. The summed E-state index contributed by atoms with van der Waals surface area (Å²) < 4.78 is 18.9. The van der Waals surface area contributed by atoms with Crippen LogP contribution in [0.15, 0.2) is 66.7 Å². The van der Waals surface area contributed by atoms with Gasteiger partial charge in [-0.2, -0.15) is 0 Å². The minimum atomic E-state index is -0.458. The van der Waals surface area contributed by atoms with Crippen LogP contribution in [0.1, 0.15) is 26.3 Å². The third-order valence-electron chi connectivity index (χ3n) is 7.48. The van der Waals surface area contributed by atoms with E-state index in [0.29, 0.717) is 6.61 Å². The molecule has 8 heteroatoms. The molecular formula is C33H36N2O5S. The molecule has 3 heterocycles. The van der Waals surface area contributed by atoms with Gasteiger partial charge < -0.3 is 24.2 Å². The summed E-state index contributed by atoms with van der Waals surface area (Å²) in [4.78, 5) is 17.4. The van der Waals surface area contributed by atoms with E-state index in [1.54, 1.807) is 28.4 Å². The predicted octanol–water partition coefficient (Wildman–Crippen LogP) is 7.31. The Balaban J connectivity index is 1.02. The number of benzene rings is 3. The molecule has 3 aromatic carbocycles. The van der Waals surface area contributed by atoms with Crippen LogP contribution in [0.3, 0.4) is 0 Å². The van der Waals surface area contributed by atoms with E-state index in [-0.39, 0.29) is 17.3 Å². The van der Waals surface area contributed by atoms with Crippen LogP contribution in [0.25, 0.3) is 20.5 Å². The van der Waals surface area contributed by atoms with Gasteiger partial charge in [0.2, 0.25) is 0 Å². The van der Waals surface area contributed by atoms with Crippen molar-refractivity contribution in [2.24, 2.45) is 5.41 Å².